The van der Waals surface area contributed by atoms with Gasteiger partial charge in [0.25, 0.3) is 5.56 Å². The van der Waals surface area contributed by atoms with E-state index in [1.807, 2.05) is 39.8 Å². The lowest BCUT2D eigenvalue weighted by Crippen LogP contribution is -2.43. The second-order valence-electron chi connectivity index (χ2n) is 8.24. The van der Waals surface area contributed by atoms with Crippen LogP contribution in [-0.2, 0) is 23.1 Å². The van der Waals surface area contributed by atoms with E-state index in [0.29, 0.717) is 5.56 Å². The maximum Gasteiger partial charge on any atom is 0.332 e. The molecule has 0 spiro atoms. The normalized spacial score (nSPS) is 10.9. The van der Waals surface area contributed by atoms with Crippen LogP contribution in [0.3, 0.4) is 0 Å². The van der Waals surface area contributed by atoms with E-state index in [1.165, 1.54) is 7.05 Å². The van der Waals surface area contributed by atoms with Crippen molar-refractivity contribution in [1.82, 2.24) is 9.13 Å². The molecule has 0 fully saturated rings. The predicted octanol–water partition coefficient (Wildman–Crippen LogP) is 1.79. The van der Waals surface area contributed by atoms with Crippen molar-refractivity contribution in [2.24, 2.45) is 13.0 Å². The Balaban J connectivity index is 2.07. The summed E-state index contributed by atoms with van der Waals surface area (Å²) in [6, 6.07) is 5.49. The van der Waals surface area contributed by atoms with Gasteiger partial charge in [0.05, 0.1) is 6.42 Å². The first-order valence-electron chi connectivity index (χ1n) is 10.3. The summed E-state index contributed by atoms with van der Waals surface area (Å²) in [5, 5.41) is 0. The quantitative estimate of drug-likeness (QED) is 0.462. The number of aromatic nitrogens is 2. The molecule has 1 aromatic carbocycles. The van der Waals surface area contributed by atoms with Crippen LogP contribution in [0, 0.1) is 19.8 Å². The van der Waals surface area contributed by atoms with Crippen LogP contribution in [0.4, 0.5) is 5.82 Å². The summed E-state index contributed by atoms with van der Waals surface area (Å²) >= 11 is 0. The number of nitrogens with zero attached hydrogens (tertiary/aromatic N) is 2. The average molecular weight is 444 g/mol. The zero-order chi connectivity index (χ0) is 24.2. The Hall–Kier alpha value is -3.49. The molecule has 0 bridgehead atoms. The highest BCUT2D eigenvalue weighted by Crippen LogP contribution is 2.14. The molecule has 0 aliphatic rings. The molecule has 2 N–H and O–H groups in total. The number of carbonyl (C=O) groups excluding carboxylic acids is 3. The molecule has 0 aliphatic carbocycles. The van der Waals surface area contributed by atoms with Gasteiger partial charge >= 0.3 is 11.7 Å². The van der Waals surface area contributed by atoms with Crippen LogP contribution < -0.4 is 17.0 Å². The molecule has 0 amide bonds. The summed E-state index contributed by atoms with van der Waals surface area (Å²) in [4.78, 5) is 61.8. The number of nitrogens with two attached hydrogens (primary N) is 1. The van der Waals surface area contributed by atoms with Crippen LogP contribution >= 0.6 is 0 Å². The van der Waals surface area contributed by atoms with Gasteiger partial charge in [-0.3, -0.25) is 28.3 Å². The largest absolute Gasteiger partial charge is 0.457 e. The Morgan fingerprint density at radius 1 is 1.06 bits per heavy atom. The van der Waals surface area contributed by atoms with Crippen molar-refractivity contribution in [3.63, 3.8) is 0 Å². The van der Waals surface area contributed by atoms with Crippen molar-refractivity contribution in [1.29, 1.82) is 0 Å². The molecule has 1 heterocycles. The zero-order valence-electron chi connectivity index (χ0n) is 19.1. The number of hydrogen-bond donors (Lipinski definition) is 1. The summed E-state index contributed by atoms with van der Waals surface area (Å²) < 4.78 is 6.93. The van der Waals surface area contributed by atoms with E-state index in [2.05, 4.69) is 0 Å². The number of aryl methyl sites for hydroxylation is 2. The molecule has 172 valence electrons. The number of ether oxygens (including phenoxy) is 1. The average Bonchev–Trinajstić information content (AvgIpc) is 2.73. The van der Waals surface area contributed by atoms with Gasteiger partial charge in [-0.05, 0) is 31.4 Å². The molecule has 0 saturated carbocycles. The minimum atomic E-state index is -0.848. The SMILES string of the molecule is Cc1ccc(C)c(C(=O)CCC(=O)OCC(=O)c2c(N)n(CC(C)C)c(=O)n(C)c2=O)c1. The summed E-state index contributed by atoms with van der Waals surface area (Å²) in [5.41, 5.74) is 6.36. The topological polar surface area (TPSA) is 130 Å². The number of anilines is 1. The molecule has 2 rings (SSSR count). The molecular formula is C23H29N3O6. The van der Waals surface area contributed by atoms with Gasteiger partial charge in [-0.1, -0.05) is 31.5 Å². The van der Waals surface area contributed by atoms with Crippen molar-refractivity contribution in [3.05, 3.63) is 61.3 Å². The lowest BCUT2D eigenvalue weighted by molar-refractivity contribution is -0.142. The van der Waals surface area contributed by atoms with Gasteiger partial charge in [-0.25, -0.2) is 4.79 Å². The molecule has 0 atom stereocenters. The van der Waals surface area contributed by atoms with Crippen molar-refractivity contribution in [2.75, 3.05) is 12.3 Å². The van der Waals surface area contributed by atoms with Gasteiger partial charge in [-0.15, -0.1) is 0 Å². The fraction of sp³-hybridized carbons (Fsp3) is 0.435. The maximum absolute atomic E-state index is 12.6. The third-order valence-electron chi connectivity index (χ3n) is 5.02. The Bertz CT molecular complexity index is 1170. The molecule has 0 radical (unpaired) electrons. The van der Waals surface area contributed by atoms with E-state index in [9.17, 15) is 24.0 Å². The molecule has 9 nitrogen and oxygen atoms in total. The molecule has 2 aromatic rings. The lowest BCUT2D eigenvalue weighted by Gasteiger charge is -2.16. The van der Waals surface area contributed by atoms with Crippen LogP contribution in [-0.4, -0.2) is 33.3 Å². The van der Waals surface area contributed by atoms with Gasteiger partial charge in [-0.2, -0.15) is 0 Å². The Kier molecular flexibility index (Phi) is 7.91. The molecule has 0 aliphatic heterocycles. The van der Waals surface area contributed by atoms with Crippen LogP contribution in [0.1, 0.15) is 58.5 Å². The first kappa shape index (κ1) is 24.8. The summed E-state index contributed by atoms with van der Waals surface area (Å²) in [5.74, 6) is -1.97. The van der Waals surface area contributed by atoms with Crippen LogP contribution in [0.15, 0.2) is 27.8 Å². The van der Waals surface area contributed by atoms with E-state index in [-0.39, 0.29) is 36.9 Å². The highest BCUT2D eigenvalue weighted by molar-refractivity contribution is 6.02. The van der Waals surface area contributed by atoms with E-state index in [4.69, 9.17) is 10.5 Å². The first-order valence-corrected chi connectivity index (χ1v) is 10.3. The van der Waals surface area contributed by atoms with Crippen molar-refractivity contribution < 1.29 is 19.1 Å². The molecule has 0 saturated heterocycles. The van der Waals surface area contributed by atoms with E-state index in [0.717, 1.165) is 20.3 Å². The fourth-order valence-electron chi connectivity index (χ4n) is 3.26. The maximum atomic E-state index is 12.6. The Morgan fingerprint density at radius 3 is 2.34 bits per heavy atom. The smallest absolute Gasteiger partial charge is 0.332 e. The minimum absolute atomic E-state index is 0.0443. The Labute approximate surface area is 185 Å². The van der Waals surface area contributed by atoms with Crippen molar-refractivity contribution in [2.45, 2.75) is 47.1 Å². The zero-order valence-corrected chi connectivity index (χ0v) is 19.1. The van der Waals surface area contributed by atoms with Gasteiger partial charge in [0, 0.05) is 25.6 Å². The highest BCUT2D eigenvalue weighted by atomic mass is 16.5. The number of ketones is 2. The number of hydrogen-bond acceptors (Lipinski definition) is 7. The predicted molar refractivity (Wildman–Crippen MR) is 120 cm³/mol. The van der Waals surface area contributed by atoms with E-state index in [1.54, 1.807) is 6.07 Å². The fourth-order valence-corrected chi connectivity index (χ4v) is 3.26. The number of esters is 1. The van der Waals surface area contributed by atoms with Gasteiger partial charge in [0.2, 0.25) is 5.78 Å². The summed E-state index contributed by atoms with van der Waals surface area (Å²) in [6.45, 7) is 6.92. The lowest BCUT2D eigenvalue weighted by atomic mass is 9.99. The molecule has 0 unspecified atom stereocenters. The molecular weight excluding hydrogens is 414 g/mol. The first-order chi connectivity index (χ1) is 14.9. The standard InChI is InChI=1S/C23H29N3O6/c1-13(2)11-26-21(24)20(22(30)25(5)23(26)31)18(28)12-32-19(29)9-8-17(27)16-10-14(3)6-7-15(16)4/h6-7,10,13H,8-9,11-12,24H2,1-5H3. The van der Waals surface area contributed by atoms with Crippen molar-refractivity contribution in [3.8, 4) is 0 Å². The van der Waals surface area contributed by atoms with Gasteiger partial charge in [0.1, 0.15) is 11.4 Å². The van der Waals surface area contributed by atoms with E-state index >= 15 is 0 Å². The van der Waals surface area contributed by atoms with Crippen LogP contribution in [0.2, 0.25) is 0 Å². The molecule has 9 heteroatoms. The number of nitrogen functional groups attached to an aromatic ring is 1. The number of rotatable bonds is 9. The molecule has 1 aromatic heterocycles. The highest BCUT2D eigenvalue weighted by Gasteiger charge is 2.23. The van der Waals surface area contributed by atoms with E-state index < -0.39 is 35.2 Å². The third kappa shape index (κ3) is 5.60. The van der Waals surface area contributed by atoms with Gasteiger partial charge in [0.15, 0.2) is 12.4 Å². The minimum Gasteiger partial charge on any atom is -0.457 e. The van der Waals surface area contributed by atoms with Crippen molar-refractivity contribution >= 4 is 23.4 Å². The third-order valence-corrected chi connectivity index (χ3v) is 5.02. The molecule has 32 heavy (non-hydrogen) atoms. The van der Waals surface area contributed by atoms with Gasteiger partial charge < -0.3 is 10.5 Å². The number of carbonyl (C=O) groups is 3. The van der Waals surface area contributed by atoms with Crippen LogP contribution in [0.5, 0.6) is 0 Å². The summed E-state index contributed by atoms with van der Waals surface area (Å²) in [7, 11) is 1.25. The second kappa shape index (κ2) is 10.2. The number of Topliss-reactive ketones (excluding diaryl/α,β-unsaturated/α-hetero) is 2. The second-order valence-corrected chi connectivity index (χ2v) is 8.24. The van der Waals surface area contributed by atoms with Crippen LogP contribution in [0.25, 0.3) is 0 Å². The monoisotopic (exact) mass is 443 g/mol. The Morgan fingerprint density at radius 2 is 1.72 bits per heavy atom. The number of benzene rings is 1. The summed E-state index contributed by atoms with van der Waals surface area (Å²) in [6.07, 6.45) is -0.277.